The maximum absolute atomic E-state index is 12.5. The number of carbonyl (C=O) groups is 3. The first kappa shape index (κ1) is 35.1. The van der Waals surface area contributed by atoms with Crippen molar-refractivity contribution in [3.8, 4) is 11.5 Å². The summed E-state index contributed by atoms with van der Waals surface area (Å²) in [6.07, 6.45) is 4.32. The normalized spacial score (nSPS) is 15.8. The number of amides is 2. The average molecular weight is 649 g/mol. The van der Waals surface area contributed by atoms with Crippen LogP contribution in [-0.4, -0.2) is 63.4 Å². The Kier molecular flexibility index (Phi) is 14.7. The molecule has 2 amide bonds. The zero-order valence-electron chi connectivity index (χ0n) is 24.7. The van der Waals surface area contributed by atoms with Gasteiger partial charge >= 0.3 is 6.61 Å². The smallest absolute Gasteiger partial charge is 0.345 e. The molecule has 0 bridgehead atoms. The summed E-state index contributed by atoms with van der Waals surface area (Å²) in [4.78, 5) is 39.0. The summed E-state index contributed by atoms with van der Waals surface area (Å²) in [5, 5.41) is 6.57. The number of rotatable bonds is 6. The molecule has 0 aliphatic carbocycles. The molecule has 1 aromatic heterocycles. The van der Waals surface area contributed by atoms with Crippen LogP contribution in [0.3, 0.4) is 0 Å². The lowest BCUT2D eigenvalue weighted by atomic mass is 10.1. The molecule has 0 saturated carbocycles. The fourth-order valence-electron chi connectivity index (χ4n) is 4.78. The summed E-state index contributed by atoms with van der Waals surface area (Å²) >= 11 is 3.63. The number of primary amides is 1. The van der Waals surface area contributed by atoms with Crippen molar-refractivity contribution in [2.75, 3.05) is 27.2 Å². The van der Waals surface area contributed by atoms with Gasteiger partial charge in [-0.1, -0.05) is 30.0 Å². The molecule has 4 N–H and O–H groups in total. The summed E-state index contributed by atoms with van der Waals surface area (Å²) in [5.41, 5.74) is 6.59. The molecular formula is C31H38F2N4O5S2. The topological polar surface area (TPSA) is 123 Å². The van der Waals surface area contributed by atoms with E-state index in [1.54, 1.807) is 21.5 Å². The lowest BCUT2D eigenvalue weighted by Gasteiger charge is -2.22. The number of hydrogen-bond donors (Lipinski definition) is 3. The predicted molar refractivity (Wildman–Crippen MR) is 167 cm³/mol. The Bertz CT molecular complexity index is 1350. The number of methoxy groups -OCH3 is 1. The Hall–Kier alpha value is -3.36. The van der Waals surface area contributed by atoms with Crippen LogP contribution in [0.2, 0.25) is 0 Å². The number of benzene rings is 2. The number of nitrogens with zero attached hydrogens (tertiary/aromatic N) is 1. The number of aldehydes is 1. The van der Waals surface area contributed by atoms with Crippen LogP contribution in [0.4, 0.5) is 8.78 Å². The van der Waals surface area contributed by atoms with Gasteiger partial charge in [-0.05, 0) is 67.8 Å². The Morgan fingerprint density at radius 2 is 1.93 bits per heavy atom. The summed E-state index contributed by atoms with van der Waals surface area (Å²) in [6, 6.07) is 15.9. The van der Waals surface area contributed by atoms with Crippen LogP contribution < -0.4 is 21.1 Å². The third-order valence-corrected chi connectivity index (χ3v) is 9.10. The van der Waals surface area contributed by atoms with Crippen molar-refractivity contribution in [2.45, 2.75) is 61.2 Å². The molecule has 0 radical (unpaired) electrons. The molecule has 3 aliphatic rings. The number of halogens is 2. The summed E-state index contributed by atoms with van der Waals surface area (Å²) in [6.45, 7) is 1.28. The van der Waals surface area contributed by atoms with Crippen LogP contribution in [0, 0.1) is 0 Å². The summed E-state index contributed by atoms with van der Waals surface area (Å²) in [7, 11) is 2.95. The standard InChI is InChI=1S/C19H17NO3S.C9H14N2S.C2H4F2O.CH3NO/c21-12-14-4-3-9-20(14)19(22)11-13-7-8-18-16(10-13)23-15-5-1-2-6-17(15)24-18;1-10-6-8-4-7-5-11-3-2-9(7)12-8;1-5-2(3)4;2-1-3/h1-2,5-8,10,12,14H,3-4,9,11H2;4,10-11H,2-3,5-6H2,1H3;2H,1H3;1H,(H2,2,3). The van der Waals surface area contributed by atoms with Crippen LogP contribution in [0.1, 0.15) is 33.7 Å². The van der Waals surface area contributed by atoms with Gasteiger partial charge in [-0.3, -0.25) is 9.59 Å². The number of para-hydroxylation sites is 1. The Labute approximate surface area is 264 Å². The molecule has 1 fully saturated rings. The van der Waals surface area contributed by atoms with Crippen LogP contribution in [0.15, 0.2) is 58.3 Å². The van der Waals surface area contributed by atoms with E-state index < -0.39 is 6.61 Å². The van der Waals surface area contributed by atoms with Crippen molar-refractivity contribution in [3.63, 3.8) is 0 Å². The van der Waals surface area contributed by atoms with Crippen molar-refractivity contribution in [1.82, 2.24) is 15.5 Å². The maximum Gasteiger partial charge on any atom is 0.345 e. The highest BCUT2D eigenvalue weighted by Gasteiger charge is 2.28. The lowest BCUT2D eigenvalue weighted by Crippen LogP contribution is -2.37. The molecule has 44 heavy (non-hydrogen) atoms. The molecule has 1 saturated heterocycles. The van der Waals surface area contributed by atoms with Crippen LogP contribution in [0.25, 0.3) is 0 Å². The monoisotopic (exact) mass is 648 g/mol. The molecule has 3 aromatic rings. The Balaban J connectivity index is 0.000000219. The largest absolute Gasteiger partial charge is 0.455 e. The minimum Gasteiger partial charge on any atom is -0.455 e. The highest BCUT2D eigenvalue weighted by Crippen LogP contribution is 2.47. The number of nitrogens with one attached hydrogen (secondary N) is 2. The van der Waals surface area contributed by atoms with Crippen molar-refractivity contribution < 1.29 is 32.6 Å². The van der Waals surface area contributed by atoms with Gasteiger partial charge in [0.2, 0.25) is 12.3 Å². The number of carbonyl (C=O) groups excluding carboxylic acids is 3. The maximum atomic E-state index is 12.5. The number of thiophene rings is 1. The first-order valence-electron chi connectivity index (χ1n) is 14.1. The second kappa shape index (κ2) is 18.4. The van der Waals surface area contributed by atoms with Crippen molar-refractivity contribution in [2.24, 2.45) is 5.73 Å². The van der Waals surface area contributed by atoms with E-state index in [1.807, 2.05) is 60.8 Å². The second-order valence-corrected chi connectivity index (χ2v) is 12.1. The van der Waals surface area contributed by atoms with Gasteiger partial charge in [0.15, 0.2) is 0 Å². The first-order valence-corrected chi connectivity index (χ1v) is 15.7. The molecule has 238 valence electrons. The zero-order valence-corrected chi connectivity index (χ0v) is 26.4. The molecule has 4 heterocycles. The van der Waals surface area contributed by atoms with Crippen molar-refractivity contribution in [3.05, 3.63) is 69.4 Å². The fraction of sp³-hybridized carbons (Fsp3) is 0.387. The third kappa shape index (κ3) is 10.4. The highest BCUT2D eigenvalue weighted by atomic mass is 32.2. The van der Waals surface area contributed by atoms with Gasteiger partial charge in [-0.25, -0.2) is 0 Å². The van der Waals surface area contributed by atoms with Gasteiger partial charge in [0.05, 0.1) is 22.3 Å². The first-order chi connectivity index (χ1) is 21.3. The summed E-state index contributed by atoms with van der Waals surface area (Å²) < 4.78 is 30.5. The van der Waals surface area contributed by atoms with Gasteiger partial charge in [-0.2, -0.15) is 8.78 Å². The van der Waals surface area contributed by atoms with E-state index in [0.29, 0.717) is 13.0 Å². The minimum atomic E-state index is -2.62. The number of nitrogens with two attached hydrogens (primary N) is 1. The van der Waals surface area contributed by atoms with Gasteiger partial charge < -0.3 is 35.5 Å². The molecule has 3 aliphatic heterocycles. The quantitative estimate of drug-likeness (QED) is 0.256. The Morgan fingerprint density at radius 3 is 2.61 bits per heavy atom. The Morgan fingerprint density at radius 1 is 1.20 bits per heavy atom. The number of hydrogen-bond acceptors (Lipinski definition) is 9. The average Bonchev–Trinajstić information content (AvgIpc) is 3.68. The molecule has 13 heteroatoms. The van der Waals surface area contributed by atoms with Crippen molar-refractivity contribution >= 4 is 41.7 Å². The van der Waals surface area contributed by atoms with Gasteiger partial charge in [-0.15, -0.1) is 11.3 Å². The molecule has 6 rings (SSSR count). The second-order valence-electron chi connectivity index (χ2n) is 9.79. The van der Waals surface area contributed by atoms with Crippen LogP contribution >= 0.6 is 23.1 Å². The van der Waals surface area contributed by atoms with Gasteiger partial charge in [0.25, 0.3) is 0 Å². The van der Waals surface area contributed by atoms with Gasteiger partial charge in [0.1, 0.15) is 17.8 Å². The van der Waals surface area contributed by atoms with Gasteiger partial charge in [0, 0.05) is 43.0 Å². The lowest BCUT2D eigenvalue weighted by molar-refractivity contribution is -0.133. The molecule has 1 atom stereocenters. The van der Waals surface area contributed by atoms with E-state index in [-0.39, 0.29) is 18.4 Å². The molecule has 2 aromatic carbocycles. The van der Waals surface area contributed by atoms with Crippen LogP contribution in [-0.2, 0) is 45.1 Å². The molecule has 1 unspecified atom stereocenters. The number of fused-ring (bicyclic) bond motifs is 3. The van der Waals surface area contributed by atoms with Crippen molar-refractivity contribution in [1.29, 1.82) is 0 Å². The SMILES string of the molecule is CNCc1cc2c(s1)CCNC2.COC(F)F.NC=O.O=CC1CCCN1C(=O)Cc1ccc2c(c1)Oc1ccccc1S2. The minimum absolute atomic E-state index is 0.00779. The number of ether oxygens (including phenoxy) is 2. The number of likely N-dealkylation sites (tertiary alicyclic amines) is 1. The summed E-state index contributed by atoms with van der Waals surface area (Å²) in [5.74, 6) is 1.64. The molecule has 0 spiro atoms. The number of alkyl halides is 2. The van der Waals surface area contributed by atoms with E-state index >= 15 is 0 Å². The highest BCUT2D eigenvalue weighted by molar-refractivity contribution is 7.99. The van der Waals surface area contributed by atoms with E-state index in [2.05, 4.69) is 27.2 Å². The zero-order chi connectivity index (χ0) is 31.9. The molecule has 9 nitrogen and oxygen atoms in total. The van der Waals surface area contributed by atoms with Crippen LogP contribution in [0.5, 0.6) is 11.5 Å². The fourth-order valence-corrected chi connectivity index (χ4v) is 6.91. The predicted octanol–water partition coefficient (Wildman–Crippen LogP) is 4.75. The van der Waals surface area contributed by atoms with E-state index in [1.165, 1.54) is 16.9 Å². The van der Waals surface area contributed by atoms with E-state index in [0.717, 1.165) is 72.7 Å². The molecular weight excluding hydrogens is 610 g/mol. The van der Waals surface area contributed by atoms with E-state index in [9.17, 15) is 18.4 Å². The van der Waals surface area contributed by atoms with E-state index in [4.69, 9.17) is 9.53 Å². The third-order valence-electron chi connectivity index (χ3n) is 6.75.